The summed E-state index contributed by atoms with van der Waals surface area (Å²) in [5.74, 6) is 2.05. The number of aryl methyl sites for hydroxylation is 11. The van der Waals surface area contributed by atoms with Crippen LogP contribution in [0.4, 0.5) is 45.3 Å². The second-order valence-electron chi connectivity index (χ2n) is 38.3. The van der Waals surface area contributed by atoms with Gasteiger partial charge in [0.05, 0.1) is 80.7 Å². The maximum absolute atomic E-state index is 13.0. The van der Waals surface area contributed by atoms with Crippen LogP contribution in [-0.2, 0) is 40.4 Å². The highest BCUT2D eigenvalue weighted by Gasteiger charge is 2.58. The van der Waals surface area contributed by atoms with Gasteiger partial charge in [-0.15, -0.1) is 16.0 Å². The Labute approximate surface area is 851 Å². The molecule has 44 heteroatoms. The van der Waals surface area contributed by atoms with Crippen molar-refractivity contribution < 1.29 is 77.3 Å². The quantitative estimate of drug-likeness (QED) is 0.0361. The monoisotopic (exact) mass is 2110 g/mol. The molecule has 0 aliphatic carbocycles. The van der Waals surface area contributed by atoms with Gasteiger partial charge >= 0.3 is 46.9 Å². The summed E-state index contributed by atoms with van der Waals surface area (Å²) in [4.78, 5) is 82.0. The topological polar surface area (TPSA) is 380 Å². The zero-order valence-electron chi connectivity index (χ0n) is 88.3. The van der Waals surface area contributed by atoms with E-state index in [9.17, 15) is 69.6 Å². The third kappa shape index (κ3) is 25.5. The van der Waals surface area contributed by atoms with Crippen molar-refractivity contribution in [2.24, 2.45) is 0 Å². The van der Waals surface area contributed by atoms with E-state index in [2.05, 4.69) is 240 Å². The Kier molecular flexibility index (Phi) is 36.8. The van der Waals surface area contributed by atoms with Crippen LogP contribution in [0.2, 0.25) is 0 Å². The summed E-state index contributed by atoms with van der Waals surface area (Å²) >= 11 is 0. The fourth-order valence-corrected chi connectivity index (χ4v) is 17.6. The van der Waals surface area contributed by atoms with Crippen LogP contribution < -0.4 is 19.8 Å². The lowest BCUT2D eigenvalue weighted by atomic mass is 10.0. The number of nitrogens with zero attached hydrogens (tertiary/aromatic N) is 19. The Bertz CT molecular complexity index is 7350. The molecule has 0 amide bonds. The summed E-state index contributed by atoms with van der Waals surface area (Å²) in [6.45, 7) is 63.7. The predicted molar refractivity (Wildman–Crippen MR) is 556 cm³/mol. The summed E-state index contributed by atoms with van der Waals surface area (Å²) in [6.07, 6.45) is 11.3. The zero-order valence-corrected chi connectivity index (χ0v) is 91.5. The van der Waals surface area contributed by atoms with E-state index in [1.807, 2.05) is 101 Å². The van der Waals surface area contributed by atoms with Crippen LogP contribution in [-0.4, -0.2) is 154 Å². The number of fused-ring (bicyclic) bond motifs is 5. The van der Waals surface area contributed by atoms with Crippen molar-refractivity contribution in [2.75, 3.05) is 19.5 Å². The Hall–Kier alpha value is -12.5. The van der Waals surface area contributed by atoms with Crippen LogP contribution in [0.3, 0.4) is 0 Å². The van der Waals surface area contributed by atoms with E-state index in [0.29, 0.717) is 81.6 Å². The molecule has 0 bridgehead atoms. The molecule has 15 heterocycles. The van der Waals surface area contributed by atoms with Crippen LogP contribution in [0.1, 0.15) is 296 Å². The fourth-order valence-electron chi connectivity index (χ4n) is 15.7. The summed E-state index contributed by atoms with van der Waals surface area (Å²) in [5, 5.41) is 3.22. The molecule has 0 unspecified atom stereocenters. The molecule has 31 nitrogen and oxygen atoms in total. The van der Waals surface area contributed by atoms with Crippen LogP contribution in [0, 0.1) is 69.2 Å². The molecule has 0 saturated heterocycles. The van der Waals surface area contributed by atoms with Gasteiger partial charge in [-0.05, 0) is 263 Å². The van der Waals surface area contributed by atoms with Gasteiger partial charge in [0.15, 0.2) is 28.2 Å². The minimum atomic E-state index is -6.85. The van der Waals surface area contributed by atoms with Gasteiger partial charge in [0, 0.05) is 114 Å². The number of aromatic amines is 1. The van der Waals surface area contributed by atoms with Gasteiger partial charge in [0.1, 0.15) is 33.4 Å². The number of hydrogen-bond acceptors (Lipinski definition) is 25. The van der Waals surface area contributed by atoms with Gasteiger partial charge in [-0.25, -0.2) is 64.8 Å². The Morgan fingerprint density at radius 1 is 0.336 bits per heavy atom. The molecule has 15 aromatic heterocycles. The zero-order chi connectivity index (χ0) is 109. The van der Waals surface area contributed by atoms with Gasteiger partial charge in [-0.2, -0.15) is 64.8 Å². The molecule has 146 heavy (non-hydrogen) atoms. The molecule has 0 radical (unpaired) electrons. The fraction of sp³-hybridized carbons (Fsp3) is 0.461. The highest BCUT2D eigenvalue weighted by atomic mass is 35.5. The molecule has 0 aliphatic heterocycles. The number of anilines is 1. The number of aromatic nitrogens is 20. The third-order valence-electron chi connectivity index (χ3n) is 23.6. The largest absolute Gasteiger partial charge is 0.534 e. The van der Waals surface area contributed by atoms with E-state index < -0.39 is 52.8 Å². The highest BCUT2D eigenvalue weighted by molar-refractivity contribution is 8.00. The predicted octanol–water partition coefficient (Wildman–Crippen LogP) is 25.3. The van der Waals surface area contributed by atoms with Crippen molar-refractivity contribution in [2.45, 2.75) is 297 Å². The van der Waals surface area contributed by atoms with E-state index in [1.165, 1.54) is 11.6 Å². The normalized spacial score (nSPS) is 12.3. The molecular weight excluding hydrogens is 1980 g/mol. The Balaban J connectivity index is 0.000000197. The van der Waals surface area contributed by atoms with Crippen molar-refractivity contribution in [1.29, 1.82) is 0 Å². The van der Waals surface area contributed by atoms with E-state index in [0.717, 1.165) is 164 Å². The molecule has 0 spiro atoms. The van der Waals surface area contributed by atoms with Crippen LogP contribution >= 0.6 is 12.4 Å². The number of pyridine rings is 5. The summed E-state index contributed by atoms with van der Waals surface area (Å²) in [7, 11) is -16.1. The van der Waals surface area contributed by atoms with E-state index >= 15 is 0 Å². The van der Waals surface area contributed by atoms with Crippen LogP contribution in [0.5, 0.6) is 11.8 Å². The number of methoxy groups -OCH3 is 1. The Morgan fingerprint density at radius 3 is 0.870 bits per heavy atom. The molecule has 0 aliphatic rings. The third-order valence-corrected chi connectivity index (χ3v) is 27.2. The van der Waals surface area contributed by atoms with Gasteiger partial charge in [0.2, 0.25) is 11.8 Å². The average Bonchev–Trinajstić information content (AvgIpc) is 1.64. The highest BCUT2D eigenvalue weighted by Crippen LogP contribution is 2.42. The maximum atomic E-state index is 13.0. The SMILES string of the molecule is CCc1nc(C(C)C)ccc1-c1nc2c(C)cn(C(C)C)c2nc1C.CNc1nc(C(C)C)ccc1-c1nc2c(C)cn(C(C)C)c2nc1C.COc1nc(C(C)C)ccc1-c1nc2c(C)cn(C(C)C)c2nc1C.Cc1nc2c(nc1-c1ccc(C(C)C)[nH]c1=O)c(C)cn2C(C)C.Cc1nc2c(nc1-c1ccc(C(C)C)nc1OS(=O)(=O)C(F)(F)F)c(C)cn2C(C)C.Cl.O=S(=O)(OS(=O)(=O)C(F)(F)F)C(F)(F)F. The van der Waals surface area contributed by atoms with Crippen LogP contribution in [0.25, 0.3) is 112 Å². The molecule has 15 aromatic rings. The first-order valence-electron chi connectivity index (χ1n) is 47.3. The van der Waals surface area contributed by atoms with Gasteiger partial charge in [-0.1, -0.05) is 76.2 Å². The molecule has 0 atom stereocenters. The average molecular weight is 2110 g/mol. The van der Waals surface area contributed by atoms with E-state index in [-0.39, 0.29) is 47.1 Å². The molecular formula is C102H129ClF9N21O10S3. The Morgan fingerprint density at radius 2 is 0.596 bits per heavy atom. The number of hydrogen-bond donors (Lipinski definition) is 2. The summed E-state index contributed by atoms with van der Waals surface area (Å²) in [6, 6.07) is 20.9. The molecule has 2 N–H and O–H groups in total. The molecule has 0 saturated carbocycles. The lowest BCUT2D eigenvalue weighted by Gasteiger charge is -2.15. The smallest absolute Gasteiger partial charge is 0.480 e. The van der Waals surface area contributed by atoms with Gasteiger partial charge in [0.25, 0.3) is 5.56 Å². The molecule has 0 fully saturated rings. The second-order valence-corrected chi connectivity index (χ2v) is 43.2. The van der Waals surface area contributed by atoms with Crippen molar-refractivity contribution in [3.05, 3.63) is 192 Å². The lowest BCUT2D eigenvalue weighted by molar-refractivity contribution is -0.0586. The standard InChI is InChI=1S/C21H28N4.C20H23F3N4O3S.C20H27N5.C20H26N4O.C19H24N4O.C2F6O5S2.ClH/c1-8-17-16(9-10-18(23-17)12(2)3)20-15(7)22-21-19(24-20)14(6)11-25(21)13(4)5;1-10(2)15-8-7-14(19(25-15)30-31(28,29)20(21,22)23)17-13(6)24-18-16(26-17)12(5)9-27(18)11(3)4;1-11(2)16-9-8-15(19(21-7)23-16)18-14(6)22-20-17(24-18)13(5)10-25(20)12(3)4;1-11(2)16-9-8-15(20(22-16)25-7)18-14(6)21-19-17(23-18)13(5)10-24(19)12(3)4;1-10(2)15-8-7-14(19(24)21-15)17-13(6)20-18-16(22-17)12(5)9-23(18)11(3)4;3-1(4,5)14(9,10)13-15(11,12)2(6,7)8;/h9-13H,8H2,1-7H3;7-11H,1-6H3;8-12H,1-7H3,(H,21,23);8-12H,1-7H3;7-11H,1-6H3,(H,21,24);;1H. The van der Waals surface area contributed by atoms with Crippen molar-refractivity contribution >= 4 is 104 Å². The number of halogens is 10. The molecule has 15 rings (SSSR count). The van der Waals surface area contributed by atoms with Crippen LogP contribution in [0.15, 0.2) is 96.4 Å². The van der Waals surface area contributed by atoms with Crippen molar-refractivity contribution in [1.82, 2.24) is 97.6 Å². The minimum Gasteiger partial charge on any atom is -0.480 e. The summed E-state index contributed by atoms with van der Waals surface area (Å²) < 4.78 is 193. The first-order valence-corrected chi connectivity index (χ1v) is 51.6. The number of H-pyrrole nitrogens is 1. The molecule has 790 valence electrons. The number of ether oxygens (including phenoxy) is 1. The number of rotatable bonds is 22. The second kappa shape index (κ2) is 45.9. The first-order chi connectivity index (χ1) is 67.2. The number of nitrogens with one attached hydrogen (secondary N) is 2. The number of alkyl halides is 9. The van der Waals surface area contributed by atoms with E-state index in [4.69, 9.17) is 54.6 Å². The lowest BCUT2D eigenvalue weighted by Crippen LogP contribution is -2.34. The van der Waals surface area contributed by atoms with Gasteiger partial charge in [-0.3, -0.25) is 9.78 Å². The maximum Gasteiger partial charge on any atom is 0.534 e. The molecule has 0 aromatic carbocycles. The minimum absolute atomic E-state index is 0. The van der Waals surface area contributed by atoms with Crippen molar-refractivity contribution in [3.63, 3.8) is 0 Å². The summed E-state index contributed by atoms with van der Waals surface area (Å²) in [5.41, 5.74) is 12.5. The van der Waals surface area contributed by atoms with Crippen molar-refractivity contribution in [3.8, 4) is 68.0 Å². The van der Waals surface area contributed by atoms with E-state index in [1.54, 1.807) is 33.9 Å². The first kappa shape index (κ1) is 117. The van der Waals surface area contributed by atoms with Gasteiger partial charge < -0.3 is 42.1 Å².